The van der Waals surface area contributed by atoms with Crippen LogP contribution in [0.1, 0.15) is 89.9 Å². The van der Waals surface area contributed by atoms with Gasteiger partial charge in [0.1, 0.15) is 17.2 Å². The van der Waals surface area contributed by atoms with E-state index in [0.717, 1.165) is 68.4 Å². The number of hydrogen-bond donors (Lipinski definition) is 2. The van der Waals surface area contributed by atoms with Crippen molar-refractivity contribution in [1.82, 2.24) is 19.9 Å². The molecule has 0 unspecified atom stereocenters. The molecule has 0 radical (unpaired) electrons. The smallest absolute Gasteiger partial charge is 0.309 e. The van der Waals surface area contributed by atoms with Crippen LogP contribution in [0.2, 0.25) is 0 Å². The lowest BCUT2D eigenvalue weighted by Crippen LogP contribution is -2.02. The standard InChI is InChI=1S/2C10H13NO2.2C8H11NO/c1-3-4-9-5-6-10(7-11-9)13-8(2)12;1-3-4-9-5-6-10(11-7-9)13-8(2)12;2*1-2-3-7-4-5-8(10)6-9-7/h2*5-7H,3-4H2,1-2H3;2*4-6,10H,2-3H2,1H3. The van der Waals surface area contributed by atoms with Gasteiger partial charge in [0.25, 0.3) is 0 Å². The van der Waals surface area contributed by atoms with Gasteiger partial charge in [0, 0.05) is 43.2 Å². The summed E-state index contributed by atoms with van der Waals surface area (Å²) in [7, 11) is 0. The molecule has 4 rings (SSSR count). The molecule has 10 heteroatoms. The van der Waals surface area contributed by atoms with E-state index in [1.165, 1.54) is 31.8 Å². The summed E-state index contributed by atoms with van der Waals surface area (Å²) in [6, 6.07) is 14.3. The van der Waals surface area contributed by atoms with E-state index in [1.54, 1.807) is 36.7 Å². The van der Waals surface area contributed by atoms with Gasteiger partial charge in [0.05, 0.1) is 18.6 Å². The lowest BCUT2D eigenvalue weighted by molar-refractivity contribution is -0.133. The van der Waals surface area contributed by atoms with E-state index < -0.39 is 0 Å². The Morgan fingerprint density at radius 2 is 1.00 bits per heavy atom. The SMILES string of the molecule is CCCc1ccc(O)cn1.CCCc1ccc(O)cn1.CCCc1ccc(OC(C)=O)cn1.CCCc1ccc(OC(C)=O)nc1. The molecule has 0 spiro atoms. The number of aryl methyl sites for hydroxylation is 4. The summed E-state index contributed by atoms with van der Waals surface area (Å²) >= 11 is 0. The maximum absolute atomic E-state index is 10.6. The Morgan fingerprint density at radius 3 is 1.33 bits per heavy atom. The lowest BCUT2D eigenvalue weighted by atomic mass is 10.2. The Labute approximate surface area is 272 Å². The van der Waals surface area contributed by atoms with Crippen LogP contribution >= 0.6 is 0 Å². The first-order valence-corrected chi connectivity index (χ1v) is 15.6. The molecule has 0 aliphatic rings. The molecule has 4 aromatic heterocycles. The highest BCUT2D eigenvalue weighted by Crippen LogP contribution is 2.11. The zero-order valence-corrected chi connectivity index (χ0v) is 27.9. The first kappa shape index (κ1) is 39.2. The van der Waals surface area contributed by atoms with Crippen LogP contribution in [0.5, 0.6) is 23.1 Å². The van der Waals surface area contributed by atoms with Gasteiger partial charge >= 0.3 is 11.9 Å². The highest BCUT2D eigenvalue weighted by atomic mass is 16.5. The molecule has 0 aromatic carbocycles. The third-order valence-corrected chi connectivity index (χ3v) is 5.78. The fraction of sp³-hybridized carbons (Fsp3) is 0.389. The van der Waals surface area contributed by atoms with Crippen LogP contribution in [0.15, 0.2) is 73.3 Å². The van der Waals surface area contributed by atoms with E-state index >= 15 is 0 Å². The van der Waals surface area contributed by atoms with Gasteiger partial charge in [-0.15, -0.1) is 0 Å². The number of pyridine rings is 4. The molecule has 0 aliphatic heterocycles. The Bertz CT molecular complexity index is 1270. The predicted octanol–water partition coefficient (Wildman–Crippen LogP) is 7.40. The van der Waals surface area contributed by atoms with Crippen LogP contribution in [0, 0.1) is 0 Å². The van der Waals surface area contributed by atoms with Crippen molar-refractivity contribution in [2.75, 3.05) is 0 Å². The summed E-state index contributed by atoms with van der Waals surface area (Å²) in [4.78, 5) is 37.3. The van der Waals surface area contributed by atoms with Crippen LogP contribution < -0.4 is 9.47 Å². The number of nitrogens with zero attached hydrogens (tertiary/aromatic N) is 4. The molecule has 4 aromatic rings. The number of carbonyl (C=O) groups is 2. The number of aromatic nitrogens is 4. The molecule has 0 saturated carbocycles. The number of rotatable bonds is 10. The largest absolute Gasteiger partial charge is 0.506 e. The highest BCUT2D eigenvalue weighted by Gasteiger charge is 2.00. The molecule has 0 amide bonds. The minimum Gasteiger partial charge on any atom is -0.506 e. The second kappa shape index (κ2) is 23.5. The fourth-order valence-corrected chi connectivity index (χ4v) is 3.74. The van der Waals surface area contributed by atoms with Gasteiger partial charge in [-0.25, -0.2) is 4.98 Å². The molecule has 0 atom stereocenters. The summed E-state index contributed by atoms with van der Waals surface area (Å²) in [5.74, 6) is 0.695. The van der Waals surface area contributed by atoms with E-state index in [2.05, 4.69) is 47.6 Å². The average Bonchev–Trinajstić information content (AvgIpc) is 3.02. The van der Waals surface area contributed by atoms with Crippen LogP contribution in [0.25, 0.3) is 0 Å². The number of ether oxygens (including phenoxy) is 2. The quantitative estimate of drug-likeness (QED) is 0.170. The van der Waals surface area contributed by atoms with Crippen molar-refractivity contribution in [3.05, 3.63) is 96.0 Å². The van der Waals surface area contributed by atoms with Crippen LogP contribution in [0.3, 0.4) is 0 Å². The van der Waals surface area contributed by atoms with E-state index in [-0.39, 0.29) is 23.4 Å². The summed E-state index contributed by atoms with van der Waals surface area (Å²) in [6.07, 6.45) is 14.6. The zero-order valence-electron chi connectivity index (χ0n) is 27.9. The maximum atomic E-state index is 10.6. The van der Waals surface area contributed by atoms with E-state index in [4.69, 9.17) is 19.7 Å². The maximum Gasteiger partial charge on any atom is 0.309 e. The fourth-order valence-electron chi connectivity index (χ4n) is 3.74. The summed E-state index contributed by atoms with van der Waals surface area (Å²) in [5.41, 5.74) is 4.28. The van der Waals surface area contributed by atoms with Crippen LogP contribution in [-0.2, 0) is 35.3 Å². The Kier molecular flexibility index (Phi) is 20.0. The molecule has 0 fully saturated rings. The molecule has 248 valence electrons. The Balaban J connectivity index is 0.000000309. The normalized spacial score (nSPS) is 9.70. The van der Waals surface area contributed by atoms with E-state index in [0.29, 0.717) is 11.6 Å². The second-order valence-electron chi connectivity index (χ2n) is 10.2. The average molecular weight is 633 g/mol. The molecule has 0 aliphatic carbocycles. The van der Waals surface area contributed by atoms with E-state index in [9.17, 15) is 9.59 Å². The first-order valence-electron chi connectivity index (χ1n) is 15.6. The zero-order chi connectivity index (χ0) is 34.2. The van der Waals surface area contributed by atoms with Crippen molar-refractivity contribution in [1.29, 1.82) is 0 Å². The molecule has 0 bridgehead atoms. The third-order valence-electron chi connectivity index (χ3n) is 5.78. The van der Waals surface area contributed by atoms with Crippen molar-refractivity contribution in [3.8, 4) is 23.1 Å². The van der Waals surface area contributed by atoms with Crippen molar-refractivity contribution in [2.24, 2.45) is 0 Å². The first-order chi connectivity index (χ1) is 22.1. The lowest BCUT2D eigenvalue weighted by Gasteiger charge is -2.01. The molecule has 2 N–H and O–H groups in total. The van der Waals surface area contributed by atoms with Crippen LogP contribution in [-0.4, -0.2) is 42.1 Å². The van der Waals surface area contributed by atoms with E-state index in [1.807, 2.05) is 24.3 Å². The molecule has 46 heavy (non-hydrogen) atoms. The number of aromatic hydroxyl groups is 2. The van der Waals surface area contributed by atoms with Crippen molar-refractivity contribution < 1.29 is 29.3 Å². The second-order valence-corrected chi connectivity index (χ2v) is 10.2. The molecular formula is C36H48N4O6. The molecular weight excluding hydrogens is 584 g/mol. The third kappa shape index (κ3) is 18.7. The number of hydrogen-bond acceptors (Lipinski definition) is 10. The summed E-state index contributed by atoms with van der Waals surface area (Å²) < 4.78 is 9.64. The molecule has 10 nitrogen and oxygen atoms in total. The van der Waals surface area contributed by atoms with Gasteiger partial charge in [-0.1, -0.05) is 59.4 Å². The van der Waals surface area contributed by atoms with Gasteiger partial charge in [-0.2, -0.15) is 0 Å². The molecule has 0 saturated heterocycles. The minimum atomic E-state index is -0.337. The van der Waals surface area contributed by atoms with Gasteiger partial charge < -0.3 is 19.7 Å². The summed E-state index contributed by atoms with van der Waals surface area (Å²) in [6.45, 7) is 11.2. The minimum absolute atomic E-state index is 0.236. The van der Waals surface area contributed by atoms with Crippen molar-refractivity contribution >= 4 is 11.9 Å². The van der Waals surface area contributed by atoms with Gasteiger partial charge in [-0.05, 0) is 67.6 Å². The van der Waals surface area contributed by atoms with Gasteiger partial charge in [0.15, 0.2) is 0 Å². The summed E-state index contributed by atoms with van der Waals surface area (Å²) in [5, 5.41) is 17.7. The van der Waals surface area contributed by atoms with Crippen molar-refractivity contribution in [3.63, 3.8) is 0 Å². The van der Waals surface area contributed by atoms with Crippen molar-refractivity contribution in [2.45, 2.75) is 92.9 Å². The topological polar surface area (TPSA) is 145 Å². The number of esters is 2. The Hall–Kier alpha value is -4.86. The van der Waals surface area contributed by atoms with Gasteiger partial charge in [0.2, 0.25) is 5.88 Å². The Morgan fingerprint density at radius 1 is 0.543 bits per heavy atom. The van der Waals surface area contributed by atoms with Crippen LogP contribution in [0.4, 0.5) is 0 Å². The predicted molar refractivity (Wildman–Crippen MR) is 179 cm³/mol. The number of carbonyl (C=O) groups excluding carboxylic acids is 2. The monoisotopic (exact) mass is 632 g/mol. The van der Waals surface area contributed by atoms with Gasteiger partial charge in [-0.3, -0.25) is 24.5 Å². The highest BCUT2D eigenvalue weighted by molar-refractivity contribution is 5.69. The molecule has 4 heterocycles.